The maximum atomic E-state index is 12.9. The van der Waals surface area contributed by atoms with Gasteiger partial charge in [-0.3, -0.25) is 4.99 Å². The number of thiophene rings is 1. The van der Waals surface area contributed by atoms with Crippen LogP contribution in [0.2, 0.25) is 0 Å². The van der Waals surface area contributed by atoms with Gasteiger partial charge in [0.2, 0.25) is 0 Å². The zero-order chi connectivity index (χ0) is 15.9. The number of benzene rings is 1. The highest BCUT2D eigenvalue weighted by atomic mass is 32.1. The van der Waals surface area contributed by atoms with E-state index in [4.69, 9.17) is 0 Å². The fourth-order valence-corrected chi connectivity index (χ4v) is 3.02. The standard InChI is InChI=1S/C17H22FN3S/c1-13(15-8-9-22-12-15)10-20-17(19-2)21(3)11-14-4-6-16(18)7-5-14/h4-9,12-13H,10-11H2,1-3H3,(H,19,20). The molecule has 1 aromatic carbocycles. The monoisotopic (exact) mass is 319 g/mol. The van der Waals surface area contributed by atoms with Gasteiger partial charge in [0.1, 0.15) is 5.82 Å². The lowest BCUT2D eigenvalue weighted by Crippen LogP contribution is -2.40. The van der Waals surface area contributed by atoms with Crippen molar-refractivity contribution in [1.29, 1.82) is 0 Å². The van der Waals surface area contributed by atoms with Crippen LogP contribution in [0.3, 0.4) is 0 Å². The number of rotatable bonds is 5. The van der Waals surface area contributed by atoms with Crippen LogP contribution >= 0.6 is 11.3 Å². The number of guanidine groups is 1. The van der Waals surface area contributed by atoms with Crippen molar-refractivity contribution in [3.05, 3.63) is 58.0 Å². The first-order chi connectivity index (χ1) is 10.6. The van der Waals surface area contributed by atoms with Crippen LogP contribution in [0, 0.1) is 5.82 Å². The van der Waals surface area contributed by atoms with Crippen LogP contribution in [0.4, 0.5) is 4.39 Å². The van der Waals surface area contributed by atoms with E-state index in [0.717, 1.165) is 18.1 Å². The summed E-state index contributed by atoms with van der Waals surface area (Å²) in [4.78, 5) is 6.35. The van der Waals surface area contributed by atoms with Crippen LogP contribution in [0.1, 0.15) is 24.0 Å². The van der Waals surface area contributed by atoms with E-state index in [1.54, 1.807) is 30.5 Å². The summed E-state index contributed by atoms with van der Waals surface area (Å²) in [6, 6.07) is 8.72. The third-order valence-electron chi connectivity index (χ3n) is 3.58. The van der Waals surface area contributed by atoms with Gasteiger partial charge >= 0.3 is 0 Å². The Hall–Kier alpha value is -1.88. The second-order valence-corrected chi connectivity index (χ2v) is 6.15. The maximum Gasteiger partial charge on any atom is 0.193 e. The largest absolute Gasteiger partial charge is 0.356 e. The second kappa shape index (κ2) is 7.94. The molecule has 0 aliphatic rings. The highest BCUT2D eigenvalue weighted by Gasteiger charge is 2.10. The molecule has 0 amide bonds. The van der Waals surface area contributed by atoms with Gasteiger partial charge in [0.05, 0.1) is 0 Å². The molecule has 3 nitrogen and oxygen atoms in total. The third-order valence-corrected chi connectivity index (χ3v) is 4.29. The first-order valence-corrected chi connectivity index (χ1v) is 8.22. The van der Waals surface area contributed by atoms with E-state index in [1.807, 2.05) is 11.9 Å². The zero-order valence-electron chi connectivity index (χ0n) is 13.2. The lowest BCUT2D eigenvalue weighted by molar-refractivity contribution is 0.473. The fourth-order valence-electron chi connectivity index (χ4n) is 2.24. The van der Waals surface area contributed by atoms with Crippen molar-refractivity contribution >= 4 is 17.3 Å². The van der Waals surface area contributed by atoms with Gasteiger partial charge in [-0.2, -0.15) is 11.3 Å². The van der Waals surface area contributed by atoms with Gasteiger partial charge in [0.25, 0.3) is 0 Å². The SMILES string of the molecule is CN=C(NCC(C)c1ccsc1)N(C)Cc1ccc(F)cc1. The van der Waals surface area contributed by atoms with Crippen LogP contribution < -0.4 is 5.32 Å². The summed E-state index contributed by atoms with van der Waals surface area (Å²) < 4.78 is 12.9. The number of hydrogen-bond donors (Lipinski definition) is 1. The Morgan fingerprint density at radius 3 is 2.64 bits per heavy atom. The molecule has 1 aromatic heterocycles. The Balaban J connectivity index is 1.89. The van der Waals surface area contributed by atoms with Crippen molar-refractivity contribution in [3.63, 3.8) is 0 Å². The first-order valence-electron chi connectivity index (χ1n) is 7.28. The molecule has 0 saturated heterocycles. The lowest BCUT2D eigenvalue weighted by atomic mass is 10.1. The van der Waals surface area contributed by atoms with Gasteiger partial charge in [-0.05, 0) is 46.0 Å². The highest BCUT2D eigenvalue weighted by molar-refractivity contribution is 7.07. The van der Waals surface area contributed by atoms with E-state index >= 15 is 0 Å². The quantitative estimate of drug-likeness (QED) is 0.672. The van der Waals surface area contributed by atoms with E-state index in [-0.39, 0.29) is 5.82 Å². The highest BCUT2D eigenvalue weighted by Crippen LogP contribution is 2.17. The second-order valence-electron chi connectivity index (χ2n) is 5.37. The van der Waals surface area contributed by atoms with Crippen molar-refractivity contribution in [2.45, 2.75) is 19.4 Å². The average Bonchev–Trinajstić information content (AvgIpc) is 3.04. The van der Waals surface area contributed by atoms with Gasteiger partial charge in [0.15, 0.2) is 5.96 Å². The summed E-state index contributed by atoms with van der Waals surface area (Å²) in [5.74, 6) is 1.06. The molecule has 0 fully saturated rings. The number of nitrogens with zero attached hydrogens (tertiary/aromatic N) is 2. The number of nitrogens with one attached hydrogen (secondary N) is 1. The Bertz CT molecular complexity index is 593. The zero-order valence-corrected chi connectivity index (χ0v) is 14.0. The van der Waals surface area contributed by atoms with E-state index in [0.29, 0.717) is 12.5 Å². The Kier molecular flexibility index (Phi) is 5.95. The molecule has 1 unspecified atom stereocenters. The minimum absolute atomic E-state index is 0.210. The summed E-state index contributed by atoms with van der Waals surface area (Å²) in [6.07, 6.45) is 0. The molecule has 0 saturated carbocycles. The first kappa shape index (κ1) is 16.5. The number of hydrogen-bond acceptors (Lipinski definition) is 2. The molecule has 2 aromatic rings. The third kappa shape index (κ3) is 4.56. The smallest absolute Gasteiger partial charge is 0.193 e. The van der Waals surface area contributed by atoms with Gasteiger partial charge in [-0.1, -0.05) is 19.1 Å². The molecule has 118 valence electrons. The van der Waals surface area contributed by atoms with Gasteiger partial charge in [-0.15, -0.1) is 0 Å². The minimum Gasteiger partial charge on any atom is -0.356 e. The summed E-state index contributed by atoms with van der Waals surface area (Å²) in [7, 11) is 3.76. The number of aliphatic imine (C=N–C) groups is 1. The molecule has 1 heterocycles. The van der Waals surface area contributed by atoms with Gasteiger partial charge in [0, 0.05) is 27.2 Å². The van der Waals surface area contributed by atoms with Crippen LogP contribution in [0.25, 0.3) is 0 Å². The molecule has 0 aliphatic heterocycles. The summed E-state index contributed by atoms with van der Waals surface area (Å²) >= 11 is 1.72. The normalized spacial score (nSPS) is 13.0. The van der Waals surface area contributed by atoms with Crippen LogP contribution in [-0.4, -0.2) is 31.5 Å². The lowest BCUT2D eigenvalue weighted by Gasteiger charge is -2.23. The molecule has 0 radical (unpaired) electrons. The molecule has 0 aliphatic carbocycles. The molecule has 1 atom stereocenters. The predicted octanol–water partition coefficient (Wildman–Crippen LogP) is 3.70. The van der Waals surface area contributed by atoms with Crippen molar-refractivity contribution < 1.29 is 4.39 Å². The Morgan fingerprint density at radius 2 is 2.05 bits per heavy atom. The van der Waals surface area contributed by atoms with Crippen molar-refractivity contribution in [2.24, 2.45) is 4.99 Å². The fraction of sp³-hybridized carbons (Fsp3) is 0.353. The number of halogens is 1. The van der Waals surface area contributed by atoms with Crippen molar-refractivity contribution in [2.75, 3.05) is 20.6 Å². The van der Waals surface area contributed by atoms with E-state index in [1.165, 1.54) is 17.7 Å². The Morgan fingerprint density at radius 1 is 1.32 bits per heavy atom. The molecule has 0 spiro atoms. The van der Waals surface area contributed by atoms with Crippen LogP contribution in [0.5, 0.6) is 0 Å². The molecule has 5 heteroatoms. The van der Waals surface area contributed by atoms with Gasteiger partial charge in [-0.25, -0.2) is 4.39 Å². The summed E-state index contributed by atoms with van der Waals surface area (Å²) in [5, 5.41) is 7.67. The van der Waals surface area contributed by atoms with Crippen molar-refractivity contribution in [3.8, 4) is 0 Å². The van der Waals surface area contributed by atoms with Gasteiger partial charge < -0.3 is 10.2 Å². The maximum absolute atomic E-state index is 12.9. The van der Waals surface area contributed by atoms with Crippen LogP contribution in [0.15, 0.2) is 46.1 Å². The van der Waals surface area contributed by atoms with Crippen LogP contribution in [-0.2, 0) is 6.54 Å². The molecule has 2 rings (SSSR count). The molecule has 0 bridgehead atoms. The molecule has 22 heavy (non-hydrogen) atoms. The minimum atomic E-state index is -0.210. The van der Waals surface area contributed by atoms with E-state index in [9.17, 15) is 4.39 Å². The predicted molar refractivity (Wildman–Crippen MR) is 92.0 cm³/mol. The van der Waals surface area contributed by atoms with Crippen molar-refractivity contribution in [1.82, 2.24) is 10.2 Å². The summed E-state index contributed by atoms with van der Waals surface area (Å²) in [5.41, 5.74) is 2.40. The molecule has 1 N–H and O–H groups in total. The van der Waals surface area contributed by atoms with E-state index < -0.39 is 0 Å². The topological polar surface area (TPSA) is 27.6 Å². The Labute approximate surface area is 135 Å². The van der Waals surface area contributed by atoms with E-state index in [2.05, 4.69) is 34.1 Å². The summed E-state index contributed by atoms with van der Waals surface area (Å²) in [6.45, 7) is 3.71. The average molecular weight is 319 g/mol. The molecular weight excluding hydrogens is 297 g/mol. The molecular formula is C17H22FN3S.